The summed E-state index contributed by atoms with van der Waals surface area (Å²) in [5, 5.41) is 0. The summed E-state index contributed by atoms with van der Waals surface area (Å²) in [5.74, 6) is 0. The molecule has 2 N–H and O–H groups in total. The van der Waals surface area contributed by atoms with E-state index >= 15 is 0 Å². The first kappa shape index (κ1) is 8.94. The SMILES string of the molecule is CC(C)(N)C1(F)CCOCC1. The lowest BCUT2D eigenvalue weighted by Crippen LogP contribution is -2.55. The highest BCUT2D eigenvalue weighted by Crippen LogP contribution is 2.33. The van der Waals surface area contributed by atoms with Crippen LogP contribution in [-0.2, 0) is 4.74 Å². The number of hydrogen-bond acceptors (Lipinski definition) is 2. The Kier molecular flexibility index (Phi) is 2.21. The molecule has 0 aliphatic carbocycles. The summed E-state index contributed by atoms with van der Waals surface area (Å²) in [5.41, 5.74) is 3.74. The minimum Gasteiger partial charge on any atom is -0.381 e. The van der Waals surface area contributed by atoms with Gasteiger partial charge in [0.15, 0.2) is 0 Å². The minimum atomic E-state index is -1.23. The van der Waals surface area contributed by atoms with E-state index < -0.39 is 11.2 Å². The van der Waals surface area contributed by atoms with Gasteiger partial charge in [-0.1, -0.05) is 0 Å². The molecule has 1 aliphatic heterocycles. The van der Waals surface area contributed by atoms with Gasteiger partial charge in [0, 0.05) is 31.6 Å². The van der Waals surface area contributed by atoms with Crippen LogP contribution in [0.1, 0.15) is 26.7 Å². The van der Waals surface area contributed by atoms with E-state index in [4.69, 9.17) is 10.5 Å². The van der Waals surface area contributed by atoms with Crippen LogP contribution in [0.25, 0.3) is 0 Å². The molecule has 0 aromatic rings. The lowest BCUT2D eigenvalue weighted by molar-refractivity contribution is -0.0443. The summed E-state index contributed by atoms with van der Waals surface area (Å²) in [7, 11) is 0. The van der Waals surface area contributed by atoms with Gasteiger partial charge in [-0.05, 0) is 13.8 Å². The summed E-state index contributed by atoms with van der Waals surface area (Å²) >= 11 is 0. The highest BCUT2D eigenvalue weighted by molar-refractivity contribution is 4.98. The molecule has 1 rings (SSSR count). The second kappa shape index (κ2) is 2.72. The topological polar surface area (TPSA) is 35.2 Å². The first-order valence-corrected chi connectivity index (χ1v) is 4.01. The zero-order chi connectivity index (χ0) is 8.54. The summed E-state index contributed by atoms with van der Waals surface area (Å²) in [4.78, 5) is 0. The lowest BCUT2D eigenvalue weighted by Gasteiger charge is -2.40. The molecule has 1 saturated heterocycles. The molecule has 0 unspecified atom stereocenters. The molecule has 0 atom stereocenters. The normalized spacial score (nSPS) is 25.1. The van der Waals surface area contributed by atoms with Crippen molar-refractivity contribution < 1.29 is 9.13 Å². The molecule has 3 heteroatoms. The minimum absolute atomic E-state index is 0.427. The molecule has 11 heavy (non-hydrogen) atoms. The summed E-state index contributed by atoms with van der Waals surface area (Å²) < 4.78 is 18.9. The third kappa shape index (κ3) is 1.71. The molecule has 1 heterocycles. The zero-order valence-corrected chi connectivity index (χ0v) is 7.19. The van der Waals surface area contributed by atoms with Gasteiger partial charge in [0.05, 0.1) is 0 Å². The van der Waals surface area contributed by atoms with E-state index in [-0.39, 0.29) is 0 Å². The number of alkyl halides is 1. The van der Waals surface area contributed by atoms with Crippen molar-refractivity contribution in [2.75, 3.05) is 13.2 Å². The van der Waals surface area contributed by atoms with Crippen LogP contribution in [0.4, 0.5) is 4.39 Å². The molecule has 0 amide bonds. The Bertz CT molecular complexity index is 136. The van der Waals surface area contributed by atoms with Crippen molar-refractivity contribution in [2.24, 2.45) is 5.73 Å². The van der Waals surface area contributed by atoms with E-state index in [1.165, 1.54) is 0 Å². The van der Waals surface area contributed by atoms with Crippen molar-refractivity contribution >= 4 is 0 Å². The number of ether oxygens (including phenoxy) is 1. The maximum absolute atomic E-state index is 13.9. The summed E-state index contributed by atoms with van der Waals surface area (Å²) in [6.07, 6.45) is 0.854. The fraction of sp³-hybridized carbons (Fsp3) is 1.00. The van der Waals surface area contributed by atoms with E-state index in [1.807, 2.05) is 0 Å². The summed E-state index contributed by atoms with van der Waals surface area (Å²) in [6, 6.07) is 0. The van der Waals surface area contributed by atoms with Gasteiger partial charge in [0.2, 0.25) is 0 Å². The molecule has 0 aromatic carbocycles. The van der Waals surface area contributed by atoms with Crippen LogP contribution in [-0.4, -0.2) is 24.4 Å². The monoisotopic (exact) mass is 161 g/mol. The van der Waals surface area contributed by atoms with Crippen LogP contribution in [0, 0.1) is 0 Å². The van der Waals surface area contributed by atoms with Gasteiger partial charge >= 0.3 is 0 Å². The lowest BCUT2D eigenvalue weighted by atomic mass is 9.79. The highest BCUT2D eigenvalue weighted by atomic mass is 19.1. The fourth-order valence-electron chi connectivity index (χ4n) is 1.34. The van der Waals surface area contributed by atoms with Gasteiger partial charge in [0.1, 0.15) is 5.67 Å². The molecular formula is C8H16FNO. The van der Waals surface area contributed by atoms with Gasteiger partial charge in [-0.25, -0.2) is 4.39 Å². The van der Waals surface area contributed by atoms with Crippen molar-refractivity contribution in [3.63, 3.8) is 0 Å². The highest BCUT2D eigenvalue weighted by Gasteiger charge is 2.43. The second-order valence-corrected chi connectivity index (χ2v) is 3.80. The number of hydrogen-bond donors (Lipinski definition) is 1. The van der Waals surface area contributed by atoms with Crippen LogP contribution < -0.4 is 5.73 Å². The Morgan fingerprint density at radius 1 is 1.36 bits per heavy atom. The largest absolute Gasteiger partial charge is 0.381 e. The van der Waals surface area contributed by atoms with Crippen molar-refractivity contribution in [3.8, 4) is 0 Å². The predicted octanol–water partition coefficient (Wildman–Crippen LogP) is 1.24. The third-order valence-corrected chi connectivity index (χ3v) is 2.44. The summed E-state index contributed by atoms with van der Waals surface area (Å²) in [6.45, 7) is 4.46. The second-order valence-electron chi connectivity index (χ2n) is 3.80. The van der Waals surface area contributed by atoms with Crippen LogP contribution in [0.2, 0.25) is 0 Å². The van der Waals surface area contributed by atoms with Crippen LogP contribution in [0.5, 0.6) is 0 Å². The fourth-order valence-corrected chi connectivity index (χ4v) is 1.34. The van der Waals surface area contributed by atoms with Crippen molar-refractivity contribution in [2.45, 2.75) is 37.9 Å². The molecule has 66 valence electrons. The van der Waals surface area contributed by atoms with E-state index in [0.717, 1.165) is 0 Å². The van der Waals surface area contributed by atoms with E-state index in [2.05, 4.69) is 0 Å². The first-order chi connectivity index (χ1) is 4.96. The molecule has 0 aromatic heterocycles. The number of nitrogens with two attached hydrogens (primary N) is 1. The van der Waals surface area contributed by atoms with E-state index in [0.29, 0.717) is 26.1 Å². The van der Waals surface area contributed by atoms with Crippen LogP contribution in [0.15, 0.2) is 0 Å². The molecule has 0 bridgehead atoms. The van der Waals surface area contributed by atoms with Crippen molar-refractivity contribution in [1.82, 2.24) is 0 Å². The number of halogens is 1. The average Bonchev–Trinajstić information content (AvgIpc) is 1.87. The first-order valence-electron chi connectivity index (χ1n) is 4.01. The molecule has 0 saturated carbocycles. The maximum Gasteiger partial charge on any atom is 0.132 e. The predicted molar refractivity (Wildman–Crippen MR) is 42.2 cm³/mol. The molecule has 0 spiro atoms. The van der Waals surface area contributed by atoms with Crippen LogP contribution in [0.3, 0.4) is 0 Å². The van der Waals surface area contributed by atoms with E-state index in [9.17, 15) is 4.39 Å². The van der Waals surface area contributed by atoms with Crippen molar-refractivity contribution in [3.05, 3.63) is 0 Å². The average molecular weight is 161 g/mol. The zero-order valence-electron chi connectivity index (χ0n) is 7.19. The molecular weight excluding hydrogens is 145 g/mol. The molecule has 2 nitrogen and oxygen atoms in total. The Morgan fingerprint density at radius 3 is 2.09 bits per heavy atom. The standard InChI is InChI=1S/C8H16FNO/c1-7(2,10)8(9)3-5-11-6-4-8/h3-6,10H2,1-2H3. The Morgan fingerprint density at radius 2 is 1.82 bits per heavy atom. The quantitative estimate of drug-likeness (QED) is 0.628. The Hall–Kier alpha value is -0.150. The Labute approximate surface area is 66.9 Å². The molecule has 0 radical (unpaired) electrons. The van der Waals surface area contributed by atoms with Gasteiger partial charge in [-0.15, -0.1) is 0 Å². The third-order valence-electron chi connectivity index (χ3n) is 2.44. The number of rotatable bonds is 1. The Balaban J connectivity index is 2.64. The van der Waals surface area contributed by atoms with Gasteiger partial charge in [0.25, 0.3) is 0 Å². The van der Waals surface area contributed by atoms with Crippen molar-refractivity contribution in [1.29, 1.82) is 0 Å². The van der Waals surface area contributed by atoms with E-state index in [1.54, 1.807) is 13.8 Å². The van der Waals surface area contributed by atoms with Gasteiger partial charge in [-0.2, -0.15) is 0 Å². The van der Waals surface area contributed by atoms with Gasteiger partial charge < -0.3 is 10.5 Å². The maximum atomic E-state index is 13.9. The molecule has 1 fully saturated rings. The smallest absolute Gasteiger partial charge is 0.132 e. The van der Waals surface area contributed by atoms with Gasteiger partial charge in [-0.3, -0.25) is 0 Å². The van der Waals surface area contributed by atoms with Crippen LogP contribution >= 0.6 is 0 Å². The molecule has 1 aliphatic rings.